The normalized spacial score (nSPS) is 21.8. The number of nitrogens with zero attached hydrogens (tertiary/aromatic N) is 3. The number of halogens is 4. The summed E-state index contributed by atoms with van der Waals surface area (Å²) in [6.45, 7) is 3.85. The summed E-state index contributed by atoms with van der Waals surface area (Å²) < 4.78 is 52.8. The van der Waals surface area contributed by atoms with Crippen molar-refractivity contribution in [3.05, 3.63) is 101 Å². The third-order valence-corrected chi connectivity index (χ3v) is 7.84. The number of carbonyl (C=O) groups excluding carboxylic acids is 1. The van der Waals surface area contributed by atoms with Gasteiger partial charge in [-0.15, -0.1) is 0 Å². The van der Waals surface area contributed by atoms with Crippen molar-refractivity contribution < 1.29 is 22.4 Å². The highest BCUT2D eigenvalue weighted by atomic mass is 19.4. The first kappa shape index (κ1) is 26.2. The van der Waals surface area contributed by atoms with Crippen LogP contribution >= 0.6 is 0 Å². The Labute approximate surface area is 220 Å². The fraction of sp³-hybridized carbons (Fsp3) is 0.367. The van der Waals surface area contributed by atoms with E-state index < -0.39 is 17.2 Å². The highest BCUT2D eigenvalue weighted by Gasteiger charge is 2.61. The van der Waals surface area contributed by atoms with Crippen LogP contribution in [0.3, 0.4) is 0 Å². The molecule has 0 radical (unpaired) electrons. The van der Waals surface area contributed by atoms with Crippen molar-refractivity contribution in [3.8, 4) is 0 Å². The highest BCUT2D eigenvalue weighted by Crippen LogP contribution is 2.56. The van der Waals surface area contributed by atoms with Gasteiger partial charge in [0.25, 0.3) is 0 Å². The fourth-order valence-corrected chi connectivity index (χ4v) is 5.68. The summed E-state index contributed by atoms with van der Waals surface area (Å²) >= 11 is 0. The molecule has 5 rings (SSSR count). The molecule has 2 aliphatic rings. The van der Waals surface area contributed by atoms with Crippen molar-refractivity contribution in [1.29, 1.82) is 0 Å². The van der Waals surface area contributed by atoms with Crippen LogP contribution in [0.1, 0.15) is 23.1 Å². The van der Waals surface area contributed by atoms with Gasteiger partial charge in [-0.1, -0.05) is 48.5 Å². The first-order valence-corrected chi connectivity index (χ1v) is 12.9. The minimum absolute atomic E-state index is 0.0561. The Kier molecular flexibility index (Phi) is 7.18. The molecule has 1 aliphatic carbocycles. The van der Waals surface area contributed by atoms with Crippen LogP contribution in [0.15, 0.2) is 78.9 Å². The topological polar surface area (TPSA) is 26.8 Å². The van der Waals surface area contributed by atoms with Crippen LogP contribution in [0.2, 0.25) is 0 Å². The minimum atomic E-state index is -4.36. The van der Waals surface area contributed by atoms with Gasteiger partial charge in [0.05, 0.1) is 11.0 Å². The monoisotopic (exact) mass is 525 g/mol. The van der Waals surface area contributed by atoms with Gasteiger partial charge in [0.15, 0.2) is 0 Å². The number of hydrogen-bond acceptors (Lipinski definition) is 3. The molecule has 1 saturated heterocycles. The quantitative estimate of drug-likeness (QED) is 0.377. The number of benzene rings is 3. The van der Waals surface area contributed by atoms with E-state index in [0.29, 0.717) is 25.3 Å². The maximum atomic E-state index is 13.8. The maximum Gasteiger partial charge on any atom is 0.416 e. The molecule has 3 aromatic carbocycles. The van der Waals surface area contributed by atoms with Crippen LogP contribution in [0, 0.1) is 11.7 Å². The molecule has 0 aromatic heterocycles. The van der Waals surface area contributed by atoms with Crippen LogP contribution in [0.4, 0.5) is 23.2 Å². The second-order valence-corrected chi connectivity index (χ2v) is 10.4. The number of piperazine rings is 1. The first-order chi connectivity index (χ1) is 18.2. The molecule has 0 spiro atoms. The Balaban J connectivity index is 1.25. The van der Waals surface area contributed by atoms with E-state index in [0.717, 1.165) is 43.2 Å². The molecular weight excluding hydrogens is 494 g/mol. The number of likely N-dealkylation sites (N-methyl/N-ethyl adjacent to an activating group) is 1. The molecule has 3 aromatic rings. The highest BCUT2D eigenvalue weighted by molar-refractivity contribution is 5.92. The van der Waals surface area contributed by atoms with E-state index >= 15 is 0 Å². The van der Waals surface area contributed by atoms with Gasteiger partial charge in [0.2, 0.25) is 5.91 Å². The Morgan fingerprint density at radius 3 is 2.29 bits per heavy atom. The summed E-state index contributed by atoms with van der Waals surface area (Å²) in [5, 5.41) is 0. The molecule has 0 unspecified atom stereocenters. The van der Waals surface area contributed by atoms with Gasteiger partial charge < -0.3 is 9.80 Å². The lowest BCUT2D eigenvalue weighted by Gasteiger charge is -2.37. The van der Waals surface area contributed by atoms with E-state index in [9.17, 15) is 22.4 Å². The molecule has 38 heavy (non-hydrogen) atoms. The molecule has 8 heteroatoms. The summed E-state index contributed by atoms with van der Waals surface area (Å²) in [6, 6.07) is 21.6. The predicted octanol–water partition coefficient (Wildman–Crippen LogP) is 5.58. The number of rotatable bonds is 7. The van der Waals surface area contributed by atoms with E-state index in [1.54, 1.807) is 30.1 Å². The van der Waals surface area contributed by atoms with Gasteiger partial charge in [-0.3, -0.25) is 9.69 Å². The Morgan fingerprint density at radius 1 is 0.947 bits per heavy atom. The third kappa shape index (κ3) is 5.41. The van der Waals surface area contributed by atoms with Crippen molar-refractivity contribution in [2.75, 3.05) is 44.7 Å². The number of amides is 1. The van der Waals surface area contributed by atoms with Crippen LogP contribution < -0.4 is 4.90 Å². The summed E-state index contributed by atoms with van der Waals surface area (Å²) in [5.41, 5.74) is 1.22. The number of anilines is 1. The van der Waals surface area contributed by atoms with Gasteiger partial charge in [-0.25, -0.2) is 4.39 Å². The van der Waals surface area contributed by atoms with Gasteiger partial charge in [0, 0.05) is 52.0 Å². The predicted molar refractivity (Wildman–Crippen MR) is 139 cm³/mol. The van der Waals surface area contributed by atoms with Crippen LogP contribution in [0.5, 0.6) is 0 Å². The van der Waals surface area contributed by atoms with E-state index in [1.165, 1.54) is 24.3 Å². The van der Waals surface area contributed by atoms with E-state index in [1.807, 2.05) is 35.2 Å². The second kappa shape index (κ2) is 10.4. The van der Waals surface area contributed by atoms with Crippen LogP contribution in [-0.4, -0.2) is 55.5 Å². The Hall–Kier alpha value is -3.39. The largest absolute Gasteiger partial charge is 0.416 e. The van der Waals surface area contributed by atoms with Crippen LogP contribution in [0.25, 0.3) is 0 Å². The first-order valence-electron chi connectivity index (χ1n) is 12.9. The van der Waals surface area contributed by atoms with E-state index in [-0.39, 0.29) is 17.6 Å². The SMILES string of the molecule is CN(Cc1ccc(F)cc1)C(=O)[C@@]1(c2ccccc2)C[C@H]1CN1CCN(c2cccc(C(F)(F)F)c2)CC1. The summed E-state index contributed by atoms with van der Waals surface area (Å²) in [7, 11) is 1.79. The molecule has 1 saturated carbocycles. The van der Waals surface area contributed by atoms with Crippen molar-refractivity contribution in [3.63, 3.8) is 0 Å². The van der Waals surface area contributed by atoms with Gasteiger partial charge in [-0.05, 0) is 53.8 Å². The maximum absolute atomic E-state index is 13.8. The molecular formula is C30H31F4N3O. The van der Waals surface area contributed by atoms with Crippen molar-refractivity contribution in [1.82, 2.24) is 9.80 Å². The van der Waals surface area contributed by atoms with E-state index in [4.69, 9.17) is 0 Å². The number of hydrogen-bond donors (Lipinski definition) is 0. The standard InChI is InChI=1S/C30H31F4N3O/c1-35(20-22-10-12-26(31)13-11-22)28(38)29(23-6-3-2-4-7-23)19-25(29)21-36-14-16-37(17-15-36)27-9-5-8-24(18-27)30(32,33)34/h2-13,18,25H,14-17,19-21H2,1H3/t25-,29+/m0/s1. The lowest BCUT2D eigenvalue weighted by molar-refractivity contribution is -0.137. The van der Waals surface area contributed by atoms with Gasteiger partial charge in [-0.2, -0.15) is 13.2 Å². The molecule has 2 atom stereocenters. The summed E-state index contributed by atoms with van der Waals surface area (Å²) in [6.07, 6.45) is -3.61. The second-order valence-electron chi connectivity index (χ2n) is 10.4. The zero-order chi connectivity index (χ0) is 26.9. The van der Waals surface area contributed by atoms with Crippen molar-refractivity contribution in [2.24, 2.45) is 5.92 Å². The zero-order valence-electron chi connectivity index (χ0n) is 21.3. The van der Waals surface area contributed by atoms with Gasteiger partial charge in [0.1, 0.15) is 5.82 Å². The fourth-order valence-electron chi connectivity index (χ4n) is 5.68. The molecule has 0 N–H and O–H groups in total. The summed E-state index contributed by atoms with van der Waals surface area (Å²) in [5.74, 6) is -0.104. The molecule has 1 heterocycles. The Bertz CT molecular complexity index is 1260. The average Bonchev–Trinajstić information content (AvgIpc) is 3.64. The molecule has 1 amide bonds. The molecule has 2 fully saturated rings. The molecule has 1 aliphatic heterocycles. The molecule has 0 bridgehead atoms. The van der Waals surface area contributed by atoms with Gasteiger partial charge >= 0.3 is 6.18 Å². The third-order valence-electron chi connectivity index (χ3n) is 7.84. The van der Waals surface area contributed by atoms with Crippen LogP contribution in [-0.2, 0) is 22.9 Å². The molecule has 200 valence electrons. The lowest BCUT2D eigenvalue weighted by atomic mass is 9.91. The van der Waals surface area contributed by atoms with E-state index in [2.05, 4.69) is 4.90 Å². The smallest absolute Gasteiger partial charge is 0.369 e. The Morgan fingerprint density at radius 2 is 1.63 bits per heavy atom. The molecule has 4 nitrogen and oxygen atoms in total. The number of carbonyl (C=O) groups is 1. The average molecular weight is 526 g/mol. The lowest BCUT2D eigenvalue weighted by Crippen LogP contribution is -2.48. The summed E-state index contributed by atoms with van der Waals surface area (Å²) in [4.78, 5) is 19.9. The van der Waals surface area contributed by atoms with Crippen molar-refractivity contribution in [2.45, 2.75) is 24.6 Å². The number of alkyl halides is 3. The minimum Gasteiger partial charge on any atom is -0.369 e. The zero-order valence-corrected chi connectivity index (χ0v) is 21.3. The van der Waals surface area contributed by atoms with Crippen molar-refractivity contribution >= 4 is 11.6 Å².